The van der Waals surface area contributed by atoms with Gasteiger partial charge in [-0.05, 0) is 43.9 Å². The fourth-order valence-corrected chi connectivity index (χ4v) is 2.79. The van der Waals surface area contributed by atoms with Gasteiger partial charge in [0, 0.05) is 0 Å². The smallest absolute Gasteiger partial charge is 0.311 e. The van der Waals surface area contributed by atoms with Gasteiger partial charge in [0.1, 0.15) is 5.75 Å². The molecule has 0 aliphatic carbocycles. The highest BCUT2D eigenvalue weighted by atomic mass is 16.5. The van der Waals surface area contributed by atoms with Crippen LogP contribution in [0.15, 0.2) is 42.5 Å². The van der Waals surface area contributed by atoms with Gasteiger partial charge in [-0.15, -0.1) is 0 Å². The van der Waals surface area contributed by atoms with Crippen LogP contribution in [0, 0.1) is 20.8 Å². The molecule has 0 spiro atoms. The average molecular weight is 298 g/mol. The highest BCUT2D eigenvalue weighted by molar-refractivity contribution is 5.76. The van der Waals surface area contributed by atoms with Crippen molar-refractivity contribution < 1.29 is 14.6 Å². The van der Waals surface area contributed by atoms with E-state index in [1.165, 1.54) is 5.56 Å². The summed E-state index contributed by atoms with van der Waals surface area (Å²) >= 11 is 0. The second-order valence-electron chi connectivity index (χ2n) is 5.67. The lowest BCUT2D eigenvalue weighted by Gasteiger charge is -2.16. The monoisotopic (exact) mass is 298 g/mol. The minimum absolute atomic E-state index is 0.386. The van der Waals surface area contributed by atoms with Crippen molar-refractivity contribution in [3.8, 4) is 5.75 Å². The van der Waals surface area contributed by atoms with Crippen LogP contribution < -0.4 is 4.74 Å². The van der Waals surface area contributed by atoms with Crippen LogP contribution in [-0.2, 0) is 4.79 Å². The van der Waals surface area contributed by atoms with E-state index in [2.05, 4.69) is 19.1 Å². The van der Waals surface area contributed by atoms with Crippen LogP contribution in [0.5, 0.6) is 5.75 Å². The fraction of sp³-hybridized carbons (Fsp3) is 0.316. The van der Waals surface area contributed by atoms with Crippen LogP contribution in [0.3, 0.4) is 0 Å². The number of ether oxygens (including phenoxy) is 1. The van der Waals surface area contributed by atoms with Gasteiger partial charge in [-0.3, -0.25) is 4.79 Å². The van der Waals surface area contributed by atoms with E-state index in [-0.39, 0.29) is 0 Å². The first kappa shape index (κ1) is 16.1. The molecule has 1 unspecified atom stereocenters. The van der Waals surface area contributed by atoms with E-state index in [9.17, 15) is 9.90 Å². The van der Waals surface area contributed by atoms with Crippen LogP contribution in [0.25, 0.3) is 0 Å². The highest BCUT2D eigenvalue weighted by Crippen LogP contribution is 2.26. The summed E-state index contributed by atoms with van der Waals surface area (Å²) in [4.78, 5) is 11.5. The van der Waals surface area contributed by atoms with E-state index >= 15 is 0 Å². The molecule has 116 valence electrons. The largest absolute Gasteiger partial charge is 0.493 e. The molecule has 2 rings (SSSR count). The molecule has 0 amide bonds. The molecule has 0 bridgehead atoms. The Morgan fingerprint density at radius 2 is 1.68 bits per heavy atom. The summed E-state index contributed by atoms with van der Waals surface area (Å²) in [5.74, 6) is -0.484. The molecule has 0 aliphatic rings. The third-order valence-electron chi connectivity index (χ3n) is 3.76. The Balaban J connectivity index is 2.04. The van der Waals surface area contributed by atoms with Gasteiger partial charge in [0.15, 0.2) is 0 Å². The number of carboxylic acids is 1. The first-order chi connectivity index (χ1) is 10.5. The molecule has 1 atom stereocenters. The highest BCUT2D eigenvalue weighted by Gasteiger charge is 2.19. The molecule has 3 nitrogen and oxygen atoms in total. The molecule has 0 saturated carbocycles. The maximum absolute atomic E-state index is 11.5. The van der Waals surface area contributed by atoms with Crippen molar-refractivity contribution in [2.45, 2.75) is 33.1 Å². The Bertz CT molecular complexity index is 624. The number of carbonyl (C=O) groups is 1. The number of hydrogen-bond acceptors (Lipinski definition) is 2. The molecule has 1 N–H and O–H groups in total. The van der Waals surface area contributed by atoms with Crippen molar-refractivity contribution >= 4 is 5.97 Å². The zero-order chi connectivity index (χ0) is 16.1. The van der Waals surface area contributed by atoms with Gasteiger partial charge in [0.05, 0.1) is 12.5 Å². The van der Waals surface area contributed by atoms with Gasteiger partial charge in [-0.1, -0.05) is 48.0 Å². The molecular formula is C19H22O3. The Kier molecular flexibility index (Phi) is 5.21. The number of benzene rings is 2. The SMILES string of the molecule is Cc1cc(C)c(OCCC(C(=O)O)c2ccccc2)c(C)c1. The van der Waals surface area contributed by atoms with E-state index in [4.69, 9.17) is 4.74 Å². The Morgan fingerprint density at radius 1 is 1.09 bits per heavy atom. The van der Waals surface area contributed by atoms with Crippen LogP contribution in [-0.4, -0.2) is 17.7 Å². The van der Waals surface area contributed by atoms with Crippen LogP contribution in [0.1, 0.15) is 34.6 Å². The zero-order valence-electron chi connectivity index (χ0n) is 13.3. The van der Waals surface area contributed by atoms with Gasteiger partial charge in [-0.25, -0.2) is 0 Å². The molecule has 2 aromatic rings. The van der Waals surface area contributed by atoms with E-state index in [1.54, 1.807) is 0 Å². The van der Waals surface area contributed by atoms with E-state index < -0.39 is 11.9 Å². The number of aryl methyl sites for hydroxylation is 3. The quantitative estimate of drug-likeness (QED) is 0.867. The molecule has 22 heavy (non-hydrogen) atoms. The van der Waals surface area contributed by atoms with Crippen molar-refractivity contribution in [1.29, 1.82) is 0 Å². The van der Waals surface area contributed by atoms with E-state index in [1.807, 2.05) is 44.2 Å². The molecule has 3 heteroatoms. The predicted octanol–water partition coefficient (Wildman–Crippen LogP) is 4.25. The molecule has 0 heterocycles. The van der Waals surface area contributed by atoms with Crippen molar-refractivity contribution in [1.82, 2.24) is 0 Å². The maximum atomic E-state index is 11.5. The summed E-state index contributed by atoms with van der Waals surface area (Å²) < 4.78 is 5.86. The van der Waals surface area contributed by atoms with Crippen molar-refractivity contribution in [2.75, 3.05) is 6.61 Å². The average Bonchev–Trinajstić information content (AvgIpc) is 2.46. The summed E-state index contributed by atoms with van der Waals surface area (Å²) in [6.45, 7) is 6.47. The minimum atomic E-state index is -0.813. The maximum Gasteiger partial charge on any atom is 0.311 e. The first-order valence-corrected chi connectivity index (χ1v) is 7.47. The summed E-state index contributed by atoms with van der Waals surface area (Å²) in [5.41, 5.74) is 4.19. The van der Waals surface area contributed by atoms with Gasteiger partial charge in [0.25, 0.3) is 0 Å². The van der Waals surface area contributed by atoms with Crippen molar-refractivity contribution in [2.24, 2.45) is 0 Å². The lowest BCUT2D eigenvalue weighted by Crippen LogP contribution is -2.15. The first-order valence-electron chi connectivity index (χ1n) is 7.47. The lowest BCUT2D eigenvalue weighted by molar-refractivity contribution is -0.139. The normalized spacial score (nSPS) is 12.0. The van der Waals surface area contributed by atoms with Gasteiger partial charge in [-0.2, -0.15) is 0 Å². The number of rotatable bonds is 6. The van der Waals surface area contributed by atoms with Crippen LogP contribution >= 0.6 is 0 Å². The summed E-state index contributed by atoms with van der Waals surface area (Å²) in [6.07, 6.45) is 0.450. The molecule has 0 radical (unpaired) electrons. The number of hydrogen-bond donors (Lipinski definition) is 1. The van der Waals surface area contributed by atoms with Crippen molar-refractivity contribution in [3.63, 3.8) is 0 Å². The lowest BCUT2D eigenvalue weighted by atomic mass is 9.96. The molecule has 0 aromatic heterocycles. The summed E-state index contributed by atoms with van der Waals surface area (Å²) in [6, 6.07) is 13.5. The standard InChI is InChI=1S/C19H22O3/c1-13-11-14(2)18(15(3)12-13)22-10-9-17(19(20)21)16-7-5-4-6-8-16/h4-8,11-12,17H,9-10H2,1-3H3,(H,20,21). The van der Waals surface area contributed by atoms with Crippen molar-refractivity contribution in [3.05, 3.63) is 64.7 Å². The van der Waals surface area contributed by atoms with Gasteiger partial charge >= 0.3 is 5.97 Å². The topological polar surface area (TPSA) is 46.5 Å². The third-order valence-corrected chi connectivity index (χ3v) is 3.76. The van der Waals surface area contributed by atoms with E-state index in [0.717, 1.165) is 22.4 Å². The summed E-state index contributed by atoms with van der Waals surface area (Å²) in [7, 11) is 0. The zero-order valence-corrected chi connectivity index (χ0v) is 13.3. The molecule has 0 fully saturated rings. The van der Waals surface area contributed by atoms with Crippen LogP contribution in [0.4, 0.5) is 0 Å². The molecular weight excluding hydrogens is 276 g/mol. The second-order valence-corrected chi connectivity index (χ2v) is 5.67. The fourth-order valence-electron chi connectivity index (χ4n) is 2.79. The van der Waals surface area contributed by atoms with Gasteiger partial charge in [0.2, 0.25) is 0 Å². The Labute approximate surface area is 131 Å². The summed E-state index contributed by atoms with van der Waals surface area (Å²) in [5, 5.41) is 9.41. The Morgan fingerprint density at radius 3 is 2.23 bits per heavy atom. The Hall–Kier alpha value is -2.29. The third kappa shape index (κ3) is 3.88. The minimum Gasteiger partial charge on any atom is -0.493 e. The molecule has 0 saturated heterocycles. The van der Waals surface area contributed by atoms with Gasteiger partial charge < -0.3 is 9.84 Å². The second kappa shape index (κ2) is 7.12. The van der Waals surface area contributed by atoms with Crippen LogP contribution in [0.2, 0.25) is 0 Å². The molecule has 2 aromatic carbocycles. The number of aliphatic carboxylic acids is 1. The molecule has 0 aliphatic heterocycles. The van der Waals surface area contributed by atoms with E-state index in [0.29, 0.717) is 13.0 Å². The number of carboxylic acid groups (broad SMARTS) is 1. The predicted molar refractivity (Wildman–Crippen MR) is 87.6 cm³/mol.